The molecule has 1 aliphatic heterocycles. The van der Waals surface area contributed by atoms with Crippen LogP contribution in [-0.4, -0.2) is 16.1 Å². The largest absolute Gasteiger partial charge is 0.508 e. The molecule has 1 amide bonds. The van der Waals surface area contributed by atoms with Crippen molar-refractivity contribution >= 4 is 11.6 Å². The molecule has 0 bridgehead atoms. The van der Waals surface area contributed by atoms with Gasteiger partial charge in [-0.2, -0.15) is 0 Å². The fourth-order valence-electron chi connectivity index (χ4n) is 4.04. The van der Waals surface area contributed by atoms with Gasteiger partial charge in [-0.1, -0.05) is 48.5 Å². The van der Waals surface area contributed by atoms with E-state index in [1.807, 2.05) is 72.8 Å². The third-order valence-corrected chi connectivity index (χ3v) is 5.50. The number of anilines is 1. The van der Waals surface area contributed by atoms with Gasteiger partial charge in [0.1, 0.15) is 11.5 Å². The number of aromatic hydroxyl groups is 2. The van der Waals surface area contributed by atoms with Crippen LogP contribution in [0.15, 0.2) is 97.1 Å². The van der Waals surface area contributed by atoms with E-state index in [1.165, 1.54) is 0 Å². The lowest BCUT2D eigenvalue weighted by atomic mass is 9.94. The second kappa shape index (κ2) is 7.08. The first-order chi connectivity index (χ1) is 14.6. The van der Waals surface area contributed by atoms with E-state index < -0.39 is 0 Å². The maximum absolute atomic E-state index is 13.4. The van der Waals surface area contributed by atoms with E-state index in [2.05, 4.69) is 0 Å². The summed E-state index contributed by atoms with van der Waals surface area (Å²) in [6, 6.07) is 29.2. The monoisotopic (exact) mass is 393 g/mol. The fourth-order valence-corrected chi connectivity index (χ4v) is 4.04. The Morgan fingerprint density at radius 3 is 1.93 bits per heavy atom. The lowest BCUT2D eigenvalue weighted by Crippen LogP contribution is -2.28. The number of hydrogen-bond acceptors (Lipinski definition) is 3. The molecule has 0 saturated heterocycles. The van der Waals surface area contributed by atoms with Crippen LogP contribution in [0.1, 0.15) is 27.5 Å². The third-order valence-electron chi connectivity index (χ3n) is 5.50. The van der Waals surface area contributed by atoms with Crippen LogP contribution in [0.25, 0.3) is 11.1 Å². The van der Waals surface area contributed by atoms with Crippen molar-refractivity contribution in [3.05, 3.63) is 114 Å². The fraction of sp³-hybridized carbons (Fsp3) is 0.0385. The number of phenolic OH excluding ortho intramolecular Hbond substituents is 2. The summed E-state index contributed by atoms with van der Waals surface area (Å²) in [5.41, 5.74) is 5.26. The minimum atomic E-state index is -0.299. The Kier molecular flexibility index (Phi) is 4.25. The number of phenols is 2. The van der Waals surface area contributed by atoms with Gasteiger partial charge >= 0.3 is 0 Å². The summed E-state index contributed by atoms with van der Waals surface area (Å²) >= 11 is 0. The van der Waals surface area contributed by atoms with Crippen LogP contribution in [0.2, 0.25) is 0 Å². The molecular formula is C26H19NO3. The molecular weight excluding hydrogens is 374 g/mol. The minimum absolute atomic E-state index is 0.0495. The summed E-state index contributed by atoms with van der Waals surface area (Å²) in [6.07, 6.45) is 0. The summed E-state index contributed by atoms with van der Waals surface area (Å²) in [4.78, 5) is 15.2. The Bertz CT molecular complexity index is 1220. The highest BCUT2D eigenvalue weighted by atomic mass is 16.3. The van der Waals surface area contributed by atoms with Crippen LogP contribution in [0.5, 0.6) is 11.5 Å². The van der Waals surface area contributed by atoms with Gasteiger partial charge in [0, 0.05) is 11.3 Å². The molecule has 1 aliphatic rings. The molecule has 4 aromatic carbocycles. The smallest absolute Gasteiger partial charge is 0.259 e. The summed E-state index contributed by atoms with van der Waals surface area (Å²) in [5, 5.41) is 19.3. The van der Waals surface area contributed by atoms with E-state index in [0.29, 0.717) is 5.56 Å². The first-order valence-corrected chi connectivity index (χ1v) is 9.73. The van der Waals surface area contributed by atoms with Crippen molar-refractivity contribution in [3.8, 4) is 22.6 Å². The Balaban J connectivity index is 1.68. The van der Waals surface area contributed by atoms with E-state index in [4.69, 9.17) is 0 Å². The second-order valence-corrected chi connectivity index (χ2v) is 7.35. The molecule has 0 aromatic heterocycles. The van der Waals surface area contributed by atoms with Crippen molar-refractivity contribution in [3.63, 3.8) is 0 Å². The van der Waals surface area contributed by atoms with Gasteiger partial charge in [-0.3, -0.25) is 9.69 Å². The average Bonchev–Trinajstić information content (AvgIpc) is 3.07. The molecule has 4 nitrogen and oxygen atoms in total. The molecule has 30 heavy (non-hydrogen) atoms. The van der Waals surface area contributed by atoms with Gasteiger partial charge in [-0.15, -0.1) is 0 Å². The van der Waals surface area contributed by atoms with Gasteiger partial charge in [-0.25, -0.2) is 0 Å². The number of nitrogens with zero attached hydrogens (tertiary/aromatic N) is 1. The summed E-state index contributed by atoms with van der Waals surface area (Å²) in [6.45, 7) is 0. The van der Waals surface area contributed by atoms with Crippen LogP contribution >= 0.6 is 0 Å². The molecule has 2 N–H and O–H groups in total. The minimum Gasteiger partial charge on any atom is -0.508 e. The number of para-hydroxylation sites is 1. The van der Waals surface area contributed by atoms with Gasteiger partial charge in [0.25, 0.3) is 5.91 Å². The summed E-state index contributed by atoms with van der Waals surface area (Å²) in [7, 11) is 0. The maximum Gasteiger partial charge on any atom is 0.259 e. The van der Waals surface area contributed by atoms with Gasteiger partial charge < -0.3 is 10.2 Å². The van der Waals surface area contributed by atoms with E-state index in [9.17, 15) is 15.0 Å². The predicted molar refractivity (Wildman–Crippen MR) is 117 cm³/mol. The Morgan fingerprint density at radius 2 is 1.27 bits per heavy atom. The number of amides is 1. The predicted octanol–water partition coefficient (Wildman–Crippen LogP) is 5.51. The van der Waals surface area contributed by atoms with Crippen molar-refractivity contribution in [2.24, 2.45) is 0 Å². The molecule has 0 saturated carbocycles. The lowest BCUT2D eigenvalue weighted by molar-refractivity contribution is 0.0993. The van der Waals surface area contributed by atoms with Gasteiger partial charge in [0.05, 0.1) is 6.04 Å². The van der Waals surface area contributed by atoms with Crippen molar-refractivity contribution in [2.75, 3.05) is 4.90 Å². The van der Waals surface area contributed by atoms with Crippen molar-refractivity contribution < 1.29 is 15.0 Å². The van der Waals surface area contributed by atoms with Crippen molar-refractivity contribution in [2.45, 2.75) is 6.04 Å². The molecule has 0 radical (unpaired) electrons. The number of carbonyl (C=O) groups is 1. The normalized spacial score (nSPS) is 15.3. The Labute approximate surface area is 174 Å². The first kappa shape index (κ1) is 18.0. The average molecular weight is 393 g/mol. The molecule has 4 aromatic rings. The lowest BCUT2D eigenvalue weighted by Gasteiger charge is -2.26. The van der Waals surface area contributed by atoms with Crippen LogP contribution in [-0.2, 0) is 0 Å². The highest BCUT2D eigenvalue weighted by Crippen LogP contribution is 2.43. The first-order valence-electron chi connectivity index (χ1n) is 9.73. The van der Waals surface area contributed by atoms with E-state index >= 15 is 0 Å². The topological polar surface area (TPSA) is 60.8 Å². The molecule has 1 atom stereocenters. The van der Waals surface area contributed by atoms with E-state index in [0.717, 1.165) is 27.9 Å². The van der Waals surface area contributed by atoms with Gasteiger partial charge in [0.15, 0.2) is 0 Å². The van der Waals surface area contributed by atoms with Crippen molar-refractivity contribution in [1.29, 1.82) is 0 Å². The third kappa shape index (κ3) is 2.99. The number of benzene rings is 4. The summed E-state index contributed by atoms with van der Waals surface area (Å²) < 4.78 is 0. The second-order valence-electron chi connectivity index (χ2n) is 7.35. The highest BCUT2D eigenvalue weighted by Gasteiger charge is 2.38. The van der Waals surface area contributed by atoms with Gasteiger partial charge in [-0.05, 0) is 70.8 Å². The van der Waals surface area contributed by atoms with Gasteiger partial charge in [0.2, 0.25) is 0 Å². The number of rotatable bonds is 3. The van der Waals surface area contributed by atoms with Crippen LogP contribution in [0, 0.1) is 0 Å². The van der Waals surface area contributed by atoms with Crippen LogP contribution < -0.4 is 4.90 Å². The SMILES string of the molecule is O=C1c2ccc(-c3ccc(O)cc3)cc2C(c2ccc(O)cc2)N1c1ccccc1. The van der Waals surface area contributed by atoms with Crippen LogP contribution in [0.4, 0.5) is 5.69 Å². The number of fused-ring (bicyclic) bond motifs is 1. The zero-order chi connectivity index (χ0) is 20.7. The quantitative estimate of drug-likeness (QED) is 0.482. The standard InChI is InChI=1S/C26H19NO3/c28-21-11-6-17(7-12-21)19-10-15-23-24(16-19)25(18-8-13-22(29)14-9-18)27(26(23)30)20-4-2-1-3-5-20/h1-16,25,28-29H. The van der Waals surface area contributed by atoms with Crippen LogP contribution in [0.3, 0.4) is 0 Å². The molecule has 0 aliphatic carbocycles. The molecule has 1 heterocycles. The molecule has 5 rings (SSSR count). The Morgan fingerprint density at radius 1 is 0.667 bits per heavy atom. The number of hydrogen-bond donors (Lipinski definition) is 2. The maximum atomic E-state index is 13.4. The highest BCUT2D eigenvalue weighted by molar-refractivity contribution is 6.12. The zero-order valence-corrected chi connectivity index (χ0v) is 16.1. The molecule has 4 heteroatoms. The molecule has 0 spiro atoms. The molecule has 0 fully saturated rings. The van der Waals surface area contributed by atoms with E-state index in [-0.39, 0.29) is 23.4 Å². The molecule has 1 unspecified atom stereocenters. The molecule has 146 valence electrons. The Hall–Kier alpha value is -4.05. The number of carbonyl (C=O) groups excluding carboxylic acids is 1. The van der Waals surface area contributed by atoms with E-state index in [1.54, 1.807) is 29.2 Å². The van der Waals surface area contributed by atoms with Crippen molar-refractivity contribution in [1.82, 2.24) is 0 Å². The summed E-state index contributed by atoms with van der Waals surface area (Å²) in [5.74, 6) is 0.353. The zero-order valence-electron chi connectivity index (χ0n) is 16.1.